The second kappa shape index (κ2) is 3.16. The van der Waals surface area contributed by atoms with Gasteiger partial charge in [-0.25, -0.2) is 0 Å². The molecule has 0 spiro atoms. The monoisotopic (exact) mass is 154 g/mol. The summed E-state index contributed by atoms with van der Waals surface area (Å²) in [4.78, 5) is 0. The van der Waals surface area contributed by atoms with Crippen molar-refractivity contribution in [3.8, 4) is 0 Å². The first-order valence-electron chi connectivity index (χ1n) is 5.07. The van der Waals surface area contributed by atoms with Gasteiger partial charge in [0.2, 0.25) is 0 Å². The van der Waals surface area contributed by atoms with Gasteiger partial charge in [0.25, 0.3) is 0 Å². The third kappa shape index (κ3) is 2.50. The zero-order valence-electron chi connectivity index (χ0n) is 8.48. The molecule has 1 aliphatic rings. The lowest BCUT2D eigenvalue weighted by Crippen LogP contribution is -2.11. The molecule has 66 valence electrons. The predicted octanol–water partition coefficient (Wildman–Crippen LogP) is 3.86. The van der Waals surface area contributed by atoms with Crippen molar-refractivity contribution < 1.29 is 0 Å². The van der Waals surface area contributed by atoms with Gasteiger partial charge in [-0.2, -0.15) is 0 Å². The van der Waals surface area contributed by atoms with E-state index in [0.29, 0.717) is 0 Å². The third-order valence-electron chi connectivity index (χ3n) is 3.53. The van der Waals surface area contributed by atoms with Crippen molar-refractivity contribution in [2.45, 2.75) is 53.4 Å². The Balaban J connectivity index is 2.25. The van der Waals surface area contributed by atoms with Crippen LogP contribution in [-0.4, -0.2) is 0 Å². The van der Waals surface area contributed by atoms with Crippen LogP contribution >= 0.6 is 0 Å². The van der Waals surface area contributed by atoms with Crippen LogP contribution in [0.4, 0.5) is 0 Å². The van der Waals surface area contributed by atoms with Gasteiger partial charge in [-0.15, -0.1) is 0 Å². The summed E-state index contributed by atoms with van der Waals surface area (Å²) in [7, 11) is 0. The molecule has 1 aliphatic carbocycles. The first kappa shape index (κ1) is 9.09. The lowest BCUT2D eigenvalue weighted by molar-refractivity contribution is 0.296. The predicted molar refractivity (Wildman–Crippen MR) is 50.6 cm³/mol. The van der Waals surface area contributed by atoms with Crippen LogP contribution in [0.2, 0.25) is 0 Å². The van der Waals surface area contributed by atoms with Crippen LogP contribution in [-0.2, 0) is 0 Å². The average molecular weight is 154 g/mol. The van der Waals surface area contributed by atoms with Gasteiger partial charge in [0.1, 0.15) is 0 Å². The van der Waals surface area contributed by atoms with E-state index in [1.165, 1.54) is 25.7 Å². The minimum absolute atomic E-state index is 0.753. The molecule has 0 saturated heterocycles. The molecule has 2 atom stereocenters. The summed E-state index contributed by atoms with van der Waals surface area (Å²) in [5, 5.41) is 0. The van der Waals surface area contributed by atoms with Gasteiger partial charge in [-0.05, 0) is 36.5 Å². The van der Waals surface area contributed by atoms with E-state index in [1.54, 1.807) is 0 Å². The maximum absolute atomic E-state index is 2.44. The van der Waals surface area contributed by atoms with E-state index < -0.39 is 0 Å². The zero-order chi connectivity index (χ0) is 8.48. The maximum atomic E-state index is 2.44. The van der Waals surface area contributed by atoms with E-state index >= 15 is 0 Å². The van der Waals surface area contributed by atoms with Crippen molar-refractivity contribution in [1.29, 1.82) is 0 Å². The van der Waals surface area contributed by atoms with E-state index in [9.17, 15) is 0 Å². The lowest BCUT2D eigenvalue weighted by Gasteiger charge is -2.21. The first-order valence-corrected chi connectivity index (χ1v) is 5.07. The Kier molecular flexibility index (Phi) is 2.61. The molecule has 0 nitrogen and oxygen atoms in total. The topological polar surface area (TPSA) is 0 Å². The summed E-state index contributed by atoms with van der Waals surface area (Å²) >= 11 is 0. The summed E-state index contributed by atoms with van der Waals surface area (Å²) in [6, 6.07) is 0. The van der Waals surface area contributed by atoms with E-state index in [2.05, 4.69) is 27.7 Å². The molecule has 0 aliphatic heterocycles. The molecule has 1 fully saturated rings. The highest BCUT2D eigenvalue weighted by molar-refractivity contribution is 4.90. The molecule has 0 heteroatoms. The standard InChI is InChI=1S/C11H22/c1-5-9(2)10(3)8-11(4)6-7-11/h9-10H,5-8H2,1-4H3. The van der Waals surface area contributed by atoms with Crippen LogP contribution < -0.4 is 0 Å². The summed E-state index contributed by atoms with van der Waals surface area (Å²) in [6.07, 6.45) is 5.76. The fourth-order valence-electron chi connectivity index (χ4n) is 1.80. The normalized spacial score (nSPS) is 26.2. The van der Waals surface area contributed by atoms with Gasteiger partial charge in [0.15, 0.2) is 0 Å². The summed E-state index contributed by atoms with van der Waals surface area (Å²) in [5.74, 6) is 1.86. The Hall–Kier alpha value is 0. The fraction of sp³-hybridized carbons (Fsp3) is 1.00. The van der Waals surface area contributed by atoms with Gasteiger partial charge in [0.05, 0.1) is 0 Å². The lowest BCUT2D eigenvalue weighted by atomic mass is 9.85. The van der Waals surface area contributed by atoms with Crippen molar-refractivity contribution in [3.63, 3.8) is 0 Å². The molecule has 0 amide bonds. The second-order valence-electron chi connectivity index (χ2n) is 4.88. The Bertz CT molecular complexity index is 122. The minimum Gasteiger partial charge on any atom is -0.0651 e. The van der Waals surface area contributed by atoms with E-state index in [4.69, 9.17) is 0 Å². The van der Waals surface area contributed by atoms with Gasteiger partial charge >= 0.3 is 0 Å². The largest absolute Gasteiger partial charge is 0.0651 e. The summed E-state index contributed by atoms with van der Waals surface area (Å²) in [5.41, 5.74) is 0.753. The van der Waals surface area contributed by atoms with Crippen LogP contribution in [0, 0.1) is 17.3 Å². The number of rotatable bonds is 4. The highest BCUT2D eigenvalue weighted by Gasteiger charge is 2.38. The van der Waals surface area contributed by atoms with E-state index in [1.807, 2.05) is 0 Å². The van der Waals surface area contributed by atoms with Crippen molar-refractivity contribution >= 4 is 0 Å². The molecule has 1 saturated carbocycles. The number of hydrogen-bond donors (Lipinski definition) is 0. The third-order valence-corrected chi connectivity index (χ3v) is 3.53. The van der Waals surface area contributed by atoms with Gasteiger partial charge < -0.3 is 0 Å². The second-order valence-corrected chi connectivity index (χ2v) is 4.88. The van der Waals surface area contributed by atoms with E-state index in [-0.39, 0.29) is 0 Å². The van der Waals surface area contributed by atoms with Crippen LogP contribution in [0.1, 0.15) is 53.4 Å². The van der Waals surface area contributed by atoms with Crippen molar-refractivity contribution in [3.05, 3.63) is 0 Å². The average Bonchev–Trinajstić information content (AvgIpc) is 2.66. The molecule has 0 N–H and O–H groups in total. The number of hydrogen-bond acceptors (Lipinski definition) is 0. The van der Waals surface area contributed by atoms with Crippen molar-refractivity contribution in [2.24, 2.45) is 17.3 Å². The van der Waals surface area contributed by atoms with Crippen LogP contribution in [0.25, 0.3) is 0 Å². The van der Waals surface area contributed by atoms with Gasteiger partial charge in [-0.3, -0.25) is 0 Å². The fourth-order valence-corrected chi connectivity index (χ4v) is 1.80. The zero-order valence-corrected chi connectivity index (χ0v) is 8.48. The molecule has 11 heavy (non-hydrogen) atoms. The Morgan fingerprint density at radius 1 is 1.18 bits per heavy atom. The molecule has 0 aromatic rings. The molecule has 2 unspecified atom stereocenters. The van der Waals surface area contributed by atoms with Gasteiger partial charge in [-0.1, -0.05) is 34.1 Å². The van der Waals surface area contributed by atoms with E-state index in [0.717, 1.165) is 17.3 Å². The van der Waals surface area contributed by atoms with Gasteiger partial charge in [0, 0.05) is 0 Å². The molecule has 1 rings (SSSR count). The maximum Gasteiger partial charge on any atom is -0.0323 e. The molecule has 0 heterocycles. The molecule has 0 aromatic heterocycles. The Labute approximate surface area is 71.4 Å². The first-order chi connectivity index (χ1) is 5.07. The Morgan fingerprint density at radius 2 is 1.73 bits per heavy atom. The van der Waals surface area contributed by atoms with Crippen LogP contribution in [0.15, 0.2) is 0 Å². The molecule has 0 bridgehead atoms. The smallest absolute Gasteiger partial charge is 0.0323 e. The SMILES string of the molecule is CCC(C)C(C)CC1(C)CC1. The molecule has 0 aromatic carbocycles. The Morgan fingerprint density at radius 3 is 2.09 bits per heavy atom. The van der Waals surface area contributed by atoms with Crippen LogP contribution in [0.5, 0.6) is 0 Å². The van der Waals surface area contributed by atoms with Crippen molar-refractivity contribution in [2.75, 3.05) is 0 Å². The summed E-state index contributed by atoms with van der Waals surface area (Å²) < 4.78 is 0. The molecular formula is C11H22. The molecule has 0 radical (unpaired) electrons. The minimum atomic E-state index is 0.753. The quantitative estimate of drug-likeness (QED) is 0.577. The molecular weight excluding hydrogens is 132 g/mol. The van der Waals surface area contributed by atoms with Crippen LogP contribution in [0.3, 0.4) is 0 Å². The van der Waals surface area contributed by atoms with Crippen molar-refractivity contribution in [1.82, 2.24) is 0 Å². The summed E-state index contributed by atoms with van der Waals surface area (Å²) in [6.45, 7) is 9.54. The highest BCUT2D eigenvalue weighted by atomic mass is 14.4. The highest BCUT2D eigenvalue weighted by Crippen LogP contribution is 2.50.